The molecule has 140 valence electrons. The van der Waals surface area contributed by atoms with Gasteiger partial charge in [0.25, 0.3) is 11.8 Å². The van der Waals surface area contributed by atoms with Crippen molar-refractivity contribution in [1.29, 1.82) is 0 Å². The molecule has 0 bridgehead atoms. The predicted molar refractivity (Wildman–Crippen MR) is 106 cm³/mol. The van der Waals surface area contributed by atoms with Crippen molar-refractivity contribution in [3.63, 3.8) is 0 Å². The highest BCUT2D eigenvalue weighted by Gasteiger charge is 2.31. The number of amides is 2. The Morgan fingerprint density at radius 3 is 2.64 bits per heavy atom. The van der Waals surface area contributed by atoms with E-state index in [-0.39, 0.29) is 17.9 Å². The van der Waals surface area contributed by atoms with Crippen LogP contribution in [0.25, 0.3) is 0 Å². The van der Waals surface area contributed by atoms with Crippen LogP contribution in [-0.2, 0) is 13.0 Å². The van der Waals surface area contributed by atoms with Gasteiger partial charge in [-0.15, -0.1) is 0 Å². The van der Waals surface area contributed by atoms with Crippen LogP contribution in [0.2, 0.25) is 0 Å². The van der Waals surface area contributed by atoms with Crippen LogP contribution in [0, 0.1) is 0 Å². The van der Waals surface area contributed by atoms with E-state index >= 15 is 0 Å². The predicted octanol–water partition coefficient (Wildman–Crippen LogP) is 3.00. The van der Waals surface area contributed by atoms with Gasteiger partial charge in [-0.1, -0.05) is 18.2 Å². The van der Waals surface area contributed by atoms with Gasteiger partial charge in [-0.3, -0.25) is 19.6 Å². The third-order valence-corrected chi connectivity index (χ3v) is 4.88. The van der Waals surface area contributed by atoms with Crippen LogP contribution < -0.4 is 10.2 Å². The summed E-state index contributed by atoms with van der Waals surface area (Å²) in [6, 6.07) is 13.2. The van der Waals surface area contributed by atoms with E-state index in [0.717, 1.165) is 23.2 Å². The smallest absolute Gasteiger partial charge is 0.260 e. The number of para-hydroxylation sites is 1. The summed E-state index contributed by atoms with van der Waals surface area (Å²) in [6.45, 7) is 2.41. The van der Waals surface area contributed by atoms with Crippen LogP contribution in [0.3, 0.4) is 0 Å². The summed E-state index contributed by atoms with van der Waals surface area (Å²) < 4.78 is 0. The molecule has 0 saturated heterocycles. The number of hydrogen-bond acceptors (Lipinski definition) is 4. The first kappa shape index (κ1) is 17.9. The maximum atomic E-state index is 13.1. The molecule has 1 atom stereocenters. The van der Waals surface area contributed by atoms with E-state index in [1.165, 1.54) is 12.4 Å². The van der Waals surface area contributed by atoms with Gasteiger partial charge in [0.05, 0.1) is 11.1 Å². The van der Waals surface area contributed by atoms with E-state index in [0.29, 0.717) is 17.7 Å². The Hall–Kier alpha value is -3.54. The van der Waals surface area contributed by atoms with Gasteiger partial charge in [0, 0.05) is 43.1 Å². The number of hydrogen-bond donors (Lipinski definition) is 1. The lowest BCUT2D eigenvalue weighted by molar-refractivity contribution is 0.0950. The van der Waals surface area contributed by atoms with Crippen LogP contribution in [0.5, 0.6) is 0 Å². The molecule has 6 heteroatoms. The van der Waals surface area contributed by atoms with Crippen LogP contribution in [0.15, 0.2) is 67.3 Å². The molecule has 0 radical (unpaired) electrons. The lowest BCUT2D eigenvalue weighted by Gasteiger charge is -2.22. The molecule has 0 fully saturated rings. The quantitative estimate of drug-likeness (QED) is 0.764. The average molecular weight is 372 g/mol. The van der Waals surface area contributed by atoms with E-state index in [4.69, 9.17) is 0 Å². The second-order valence-electron chi connectivity index (χ2n) is 6.86. The van der Waals surface area contributed by atoms with Crippen molar-refractivity contribution in [2.45, 2.75) is 25.9 Å². The number of nitrogens with zero attached hydrogens (tertiary/aromatic N) is 3. The number of carbonyl (C=O) groups is 2. The molecule has 3 aromatic rings. The molecule has 1 N–H and O–H groups in total. The highest BCUT2D eigenvalue weighted by atomic mass is 16.2. The molecule has 28 heavy (non-hydrogen) atoms. The Kier molecular flexibility index (Phi) is 4.85. The monoisotopic (exact) mass is 372 g/mol. The molecule has 1 aromatic carbocycles. The minimum atomic E-state index is -0.270. The highest BCUT2D eigenvalue weighted by Crippen LogP contribution is 2.33. The van der Waals surface area contributed by atoms with Gasteiger partial charge >= 0.3 is 0 Å². The molecule has 0 saturated carbocycles. The van der Waals surface area contributed by atoms with Gasteiger partial charge in [0.2, 0.25) is 0 Å². The Morgan fingerprint density at radius 1 is 1.07 bits per heavy atom. The number of carbonyl (C=O) groups excluding carboxylic acids is 2. The first-order valence-electron chi connectivity index (χ1n) is 9.17. The zero-order chi connectivity index (χ0) is 19.5. The molecule has 0 aliphatic carbocycles. The van der Waals surface area contributed by atoms with Crippen molar-refractivity contribution in [2.24, 2.45) is 0 Å². The largest absolute Gasteiger partial charge is 0.348 e. The fourth-order valence-electron chi connectivity index (χ4n) is 3.48. The molecule has 1 aliphatic heterocycles. The van der Waals surface area contributed by atoms with E-state index in [1.54, 1.807) is 23.4 Å². The van der Waals surface area contributed by atoms with Crippen LogP contribution >= 0.6 is 0 Å². The van der Waals surface area contributed by atoms with Crippen molar-refractivity contribution in [3.8, 4) is 0 Å². The summed E-state index contributed by atoms with van der Waals surface area (Å²) >= 11 is 0. The molecule has 2 aromatic heterocycles. The Bertz CT molecular complexity index is 1020. The molecule has 0 spiro atoms. The third-order valence-electron chi connectivity index (χ3n) is 4.88. The highest BCUT2D eigenvalue weighted by molar-refractivity contribution is 6.08. The number of fused-ring (bicyclic) bond motifs is 1. The summed E-state index contributed by atoms with van der Waals surface area (Å²) in [5.41, 5.74) is 3.79. The number of aromatic nitrogens is 2. The van der Waals surface area contributed by atoms with Crippen LogP contribution in [0.1, 0.15) is 38.8 Å². The second-order valence-corrected chi connectivity index (χ2v) is 6.86. The zero-order valence-electron chi connectivity index (χ0n) is 15.5. The van der Waals surface area contributed by atoms with E-state index in [2.05, 4.69) is 15.3 Å². The number of nitrogens with one attached hydrogen (secondary N) is 1. The van der Waals surface area contributed by atoms with Crippen LogP contribution in [0.4, 0.5) is 5.69 Å². The van der Waals surface area contributed by atoms with E-state index in [9.17, 15) is 9.59 Å². The summed E-state index contributed by atoms with van der Waals surface area (Å²) in [6.07, 6.45) is 7.16. The van der Waals surface area contributed by atoms with Gasteiger partial charge in [0.15, 0.2) is 0 Å². The molecular formula is C22H20N4O2. The lowest BCUT2D eigenvalue weighted by Crippen LogP contribution is -2.36. The van der Waals surface area contributed by atoms with E-state index < -0.39 is 0 Å². The number of pyridine rings is 2. The van der Waals surface area contributed by atoms with Crippen LogP contribution in [-0.4, -0.2) is 27.8 Å². The molecule has 2 amide bonds. The van der Waals surface area contributed by atoms with E-state index in [1.807, 2.05) is 43.3 Å². The molecule has 1 unspecified atom stereocenters. The third kappa shape index (κ3) is 3.49. The van der Waals surface area contributed by atoms with Crippen molar-refractivity contribution < 1.29 is 9.59 Å². The van der Waals surface area contributed by atoms with Crippen molar-refractivity contribution >= 4 is 17.5 Å². The number of anilines is 1. The van der Waals surface area contributed by atoms with Gasteiger partial charge in [-0.25, -0.2) is 0 Å². The topological polar surface area (TPSA) is 75.2 Å². The summed E-state index contributed by atoms with van der Waals surface area (Å²) in [4.78, 5) is 35.5. The minimum absolute atomic E-state index is 0.0640. The number of rotatable bonds is 4. The first-order chi connectivity index (χ1) is 13.6. The average Bonchev–Trinajstić information content (AvgIpc) is 3.08. The van der Waals surface area contributed by atoms with Gasteiger partial charge in [-0.2, -0.15) is 0 Å². The first-order valence-corrected chi connectivity index (χ1v) is 9.17. The van der Waals surface area contributed by atoms with Crippen molar-refractivity contribution in [2.75, 3.05) is 4.90 Å². The molecule has 6 nitrogen and oxygen atoms in total. The Morgan fingerprint density at radius 2 is 1.82 bits per heavy atom. The molecule has 4 rings (SSSR count). The Balaban J connectivity index is 1.52. The lowest BCUT2D eigenvalue weighted by atomic mass is 10.1. The minimum Gasteiger partial charge on any atom is -0.348 e. The maximum absolute atomic E-state index is 13.1. The van der Waals surface area contributed by atoms with Crippen molar-refractivity contribution in [3.05, 3.63) is 89.5 Å². The summed E-state index contributed by atoms with van der Waals surface area (Å²) in [5, 5.41) is 2.84. The SMILES string of the molecule is CC1Cc2ccccc2N1C(=O)c1cncc(C(=O)NCc2ccncc2)c1. The normalized spacial score (nSPS) is 15.2. The van der Waals surface area contributed by atoms with Gasteiger partial charge in [0.1, 0.15) is 0 Å². The fourth-order valence-corrected chi connectivity index (χ4v) is 3.48. The molecular weight excluding hydrogens is 352 g/mol. The fraction of sp³-hybridized carbons (Fsp3) is 0.182. The number of benzene rings is 1. The molecule has 1 aliphatic rings. The van der Waals surface area contributed by atoms with Crippen molar-refractivity contribution in [1.82, 2.24) is 15.3 Å². The van der Waals surface area contributed by atoms with Gasteiger partial charge < -0.3 is 10.2 Å². The standard InChI is InChI=1S/C22H20N4O2/c1-15-10-17-4-2-3-5-20(17)26(15)22(28)19-11-18(13-24-14-19)21(27)25-12-16-6-8-23-9-7-16/h2-9,11,13-15H,10,12H2,1H3,(H,25,27). The molecule has 3 heterocycles. The zero-order valence-corrected chi connectivity index (χ0v) is 15.5. The maximum Gasteiger partial charge on any atom is 0.260 e. The summed E-state index contributed by atoms with van der Waals surface area (Å²) in [5.74, 6) is -0.414. The van der Waals surface area contributed by atoms with Gasteiger partial charge in [-0.05, 0) is 48.7 Å². The summed E-state index contributed by atoms with van der Waals surface area (Å²) in [7, 11) is 0. The Labute approximate surface area is 163 Å². The second kappa shape index (κ2) is 7.60.